The van der Waals surface area contributed by atoms with Crippen LogP contribution in [0, 0.1) is 0 Å². The number of H-pyrrole nitrogens is 1. The van der Waals surface area contributed by atoms with Crippen LogP contribution in [-0.2, 0) is 0 Å². The first-order chi connectivity index (χ1) is 7.25. The monoisotopic (exact) mass is 205 g/mol. The Labute approximate surface area is 88.6 Å². The highest BCUT2D eigenvalue weighted by Gasteiger charge is 2.14. The minimum atomic E-state index is -0.0769. The van der Waals surface area contributed by atoms with Crippen LogP contribution in [-0.4, -0.2) is 16.9 Å². The van der Waals surface area contributed by atoms with Crippen molar-refractivity contribution in [1.29, 1.82) is 0 Å². The zero-order chi connectivity index (χ0) is 10.7. The number of aromatic amines is 1. The minimum Gasteiger partial charge on any atom is -0.397 e. The third-order valence-corrected chi connectivity index (χ3v) is 2.55. The van der Waals surface area contributed by atoms with Gasteiger partial charge >= 0.3 is 0 Å². The average molecular weight is 205 g/mol. The molecule has 0 fully saturated rings. The van der Waals surface area contributed by atoms with Crippen LogP contribution in [0.1, 0.15) is 29.8 Å². The predicted molar refractivity (Wildman–Crippen MR) is 59.5 cm³/mol. The summed E-state index contributed by atoms with van der Waals surface area (Å²) in [6.07, 6.45) is 8.85. The molecule has 1 heterocycles. The lowest BCUT2D eigenvalue weighted by Crippen LogP contribution is -2.35. The van der Waals surface area contributed by atoms with Crippen molar-refractivity contribution >= 4 is 11.6 Å². The number of carbonyl (C=O) groups excluding carboxylic acids is 1. The van der Waals surface area contributed by atoms with E-state index in [1.807, 2.05) is 0 Å². The highest BCUT2D eigenvalue weighted by molar-refractivity contribution is 5.93. The highest BCUT2D eigenvalue weighted by atomic mass is 16.1. The molecule has 1 unspecified atom stereocenters. The first-order valence-corrected chi connectivity index (χ1v) is 5.15. The van der Waals surface area contributed by atoms with Crippen molar-refractivity contribution in [2.75, 3.05) is 5.73 Å². The summed E-state index contributed by atoms with van der Waals surface area (Å²) in [5.41, 5.74) is 6.64. The standard InChI is InChI=1S/C11H15N3O/c12-8-6-10(13-7-8)11(15)14-9-4-2-1-3-5-9/h1-2,6-7,9,13H,3-5,12H2,(H,14,15). The van der Waals surface area contributed by atoms with E-state index in [-0.39, 0.29) is 11.9 Å². The predicted octanol–water partition coefficient (Wildman–Crippen LogP) is 1.44. The molecule has 4 nitrogen and oxygen atoms in total. The third kappa shape index (κ3) is 2.40. The molecule has 4 heteroatoms. The lowest BCUT2D eigenvalue weighted by atomic mass is 10.0. The Morgan fingerprint density at radius 2 is 2.40 bits per heavy atom. The highest BCUT2D eigenvalue weighted by Crippen LogP contribution is 2.12. The normalized spacial score (nSPS) is 20.1. The fourth-order valence-corrected chi connectivity index (χ4v) is 1.73. The Hall–Kier alpha value is -1.71. The molecular formula is C11H15N3O. The Bertz CT molecular complexity index is 381. The molecule has 0 bridgehead atoms. The van der Waals surface area contributed by atoms with Gasteiger partial charge in [0.1, 0.15) is 5.69 Å². The van der Waals surface area contributed by atoms with Gasteiger partial charge in [0.25, 0.3) is 5.91 Å². The van der Waals surface area contributed by atoms with E-state index in [1.54, 1.807) is 12.3 Å². The lowest BCUT2D eigenvalue weighted by molar-refractivity contribution is 0.0930. The number of hydrogen-bond acceptors (Lipinski definition) is 2. The number of aromatic nitrogens is 1. The topological polar surface area (TPSA) is 70.9 Å². The number of anilines is 1. The average Bonchev–Trinajstić information content (AvgIpc) is 2.66. The molecule has 1 aliphatic carbocycles. The minimum absolute atomic E-state index is 0.0769. The van der Waals surface area contributed by atoms with Crippen molar-refractivity contribution in [3.05, 3.63) is 30.1 Å². The van der Waals surface area contributed by atoms with Crippen LogP contribution in [0.3, 0.4) is 0 Å². The van der Waals surface area contributed by atoms with Crippen LogP contribution in [0.2, 0.25) is 0 Å². The second-order valence-corrected chi connectivity index (χ2v) is 3.80. The van der Waals surface area contributed by atoms with Gasteiger partial charge in [0.05, 0.1) is 0 Å². The van der Waals surface area contributed by atoms with Gasteiger partial charge in [0.15, 0.2) is 0 Å². The smallest absolute Gasteiger partial charge is 0.267 e. The van der Waals surface area contributed by atoms with Gasteiger partial charge in [-0.1, -0.05) is 12.2 Å². The molecule has 0 aliphatic heterocycles. The van der Waals surface area contributed by atoms with Crippen LogP contribution in [0.4, 0.5) is 5.69 Å². The summed E-state index contributed by atoms with van der Waals surface area (Å²) in [7, 11) is 0. The number of carbonyl (C=O) groups is 1. The van der Waals surface area contributed by atoms with Crippen molar-refractivity contribution in [3.63, 3.8) is 0 Å². The number of nitrogens with one attached hydrogen (secondary N) is 2. The van der Waals surface area contributed by atoms with E-state index in [0.29, 0.717) is 11.4 Å². The van der Waals surface area contributed by atoms with Gasteiger partial charge in [-0.05, 0) is 25.3 Å². The van der Waals surface area contributed by atoms with E-state index in [4.69, 9.17) is 5.73 Å². The molecular weight excluding hydrogens is 190 g/mol. The van der Waals surface area contributed by atoms with Crippen molar-refractivity contribution in [2.24, 2.45) is 0 Å². The molecule has 1 aliphatic rings. The van der Waals surface area contributed by atoms with Gasteiger partial charge < -0.3 is 16.0 Å². The molecule has 0 saturated carbocycles. The summed E-state index contributed by atoms with van der Waals surface area (Å²) < 4.78 is 0. The van der Waals surface area contributed by atoms with Crippen LogP contribution in [0.5, 0.6) is 0 Å². The second kappa shape index (κ2) is 4.21. The molecule has 1 amide bonds. The number of nitrogen functional groups attached to an aromatic ring is 1. The van der Waals surface area contributed by atoms with Crippen molar-refractivity contribution < 1.29 is 4.79 Å². The van der Waals surface area contributed by atoms with E-state index in [1.165, 1.54) is 0 Å². The first-order valence-electron chi connectivity index (χ1n) is 5.15. The summed E-state index contributed by atoms with van der Waals surface area (Å²) in [5.74, 6) is -0.0769. The Kier molecular flexibility index (Phi) is 2.76. The largest absolute Gasteiger partial charge is 0.397 e. The third-order valence-electron chi connectivity index (χ3n) is 2.55. The second-order valence-electron chi connectivity index (χ2n) is 3.80. The number of allylic oxidation sites excluding steroid dienone is 1. The van der Waals surface area contributed by atoms with E-state index >= 15 is 0 Å². The fraction of sp³-hybridized carbons (Fsp3) is 0.364. The molecule has 80 valence electrons. The van der Waals surface area contributed by atoms with Crippen molar-refractivity contribution in [2.45, 2.75) is 25.3 Å². The molecule has 1 atom stereocenters. The molecule has 15 heavy (non-hydrogen) atoms. The molecule has 0 saturated heterocycles. The van der Waals surface area contributed by atoms with E-state index in [0.717, 1.165) is 19.3 Å². The molecule has 2 rings (SSSR count). The molecule has 0 radical (unpaired) electrons. The van der Waals surface area contributed by atoms with E-state index in [2.05, 4.69) is 22.5 Å². The summed E-state index contributed by atoms with van der Waals surface area (Å²) in [6, 6.07) is 1.90. The van der Waals surface area contributed by atoms with Gasteiger partial charge in [0.2, 0.25) is 0 Å². The lowest BCUT2D eigenvalue weighted by Gasteiger charge is -2.18. The summed E-state index contributed by atoms with van der Waals surface area (Å²) >= 11 is 0. The van der Waals surface area contributed by atoms with Gasteiger partial charge in [-0.25, -0.2) is 0 Å². The summed E-state index contributed by atoms with van der Waals surface area (Å²) in [5, 5.41) is 2.97. The maximum Gasteiger partial charge on any atom is 0.267 e. The first kappa shape index (κ1) is 9.83. The van der Waals surface area contributed by atoms with Crippen LogP contribution in [0.15, 0.2) is 24.4 Å². The SMILES string of the molecule is Nc1c[nH]c(C(=O)NC2CC=CCC2)c1. The molecule has 0 spiro atoms. The maximum atomic E-state index is 11.7. The zero-order valence-electron chi connectivity index (χ0n) is 8.49. The molecule has 4 N–H and O–H groups in total. The summed E-state index contributed by atoms with van der Waals surface area (Å²) in [4.78, 5) is 14.5. The maximum absolute atomic E-state index is 11.7. The Balaban J connectivity index is 1.94. The van der Waals surface area contributed by atoms with Crippen molar-refractivity contribution in [1.82, 2.24) is 10.3 Å². The number of amides is 1. The van der Waals surface area contributed by atoms with E-state index in [9.17, 15) is 4.79 Å². The fourth-order valence-electron chi connectivity index (χ4n) is 1.73. The van der Waals surface area contributed by atoms with Gasteiger partial charge in [-0.15, -0.1) is 0 Å². The van der Waals surface area contributed by atoms with Crippen molar-refractivity contribution in [3.8, 4) is 0 Å². The van der Waals surface area contributed by atoms with E-state index < -0.39 is 0 Å². The van der Waals surface area contributed by atoms with Gasteiger partial charge in [0, 0.05) is 17.9 Å². The molecule has 1 aromatic heterocycles. The van der Waals surface area contributed by atoms with Crippen LogP contribution in [0.25, 0.3) is 0 Å². The summed E-state index contributed by atoms with van der Waals surface area (Å²) in [6.45, 7) is 0. The number of hydrogen-bond donors (Lipinski definition) is 3. The van der Waals surface area contributed by atoms with Gasteiger partial charge in [-0.3, -0.25) is 4.79 Å². The molecule has 1 aromatic rings. The Morgan fingerprint density at radius 1 is 1.53 bits per heavy atom. The number of nitrogens with two attached hydrogens (primary N) is 1. The van der Waals surface area contributed by atoms with Crippen LogP contribution >= 0.6 is 0 Å². The quantitative estimate of drug-likeness (QED) is 0.639. The number of rotatable bonds is 2. The molecule has 0 aromatic carbocycles. The Morgan fingerprint density at radius 3 is 3.00 bits per heavy atom. The van der Waals surface area contributed by atoms with Gasteiger partial charge in [-0.2, -0.15) is 0 Å². The zero-order valence-corrected chi connectivity index (χ0v) is 8.49. The van der Waals surface area contributed by atoms with Crippen LogP contribution < -0.4 is 11.1 Å².